The van der Waals surface area contributed by atoms with Gasteiger partial charge in [0.05, 0.1) is 18.4 Å². The van der Waals surface area contributed by atoms with E-state index in [1.165, 1.54) is 0 Å². The zero-order valence-corrected chi connectivity index (χ0v) is 11.0. The number of aromatic nitrogens is 1. The van der Waals surface area contributed by atoms with E-state index in [0.717, 1.165) is 25.3 Å². The Kier molecular flexibility index (Phi) is 4.25. The van der Waals surface area contributed by atoms with Gasteiger partial charge in [0.2, 0.25) is 5.88 Å². The Hall–Kier alpha value is -1.49. The summed E-state index contributed by atoms with van der Waals surface area (Å²) in [6, 6.07) is 4.14. The molecule has 0 bridgehead atoms. The van der Waals surface area contributed by atoms with Crippen LogP contribution < -0.4 is 15.8 Å². The minimum Gasteiger partial charge on any atom is -0.476 e. The molecule has 0 aliphatic heterocycles. The Morgan fingerprint density at radius 3 is 2.78 bits per heavy atom. The topological polar surface area (TPSA) is 69.4 Å². The molecule has 0 atom stereocenters. The lowest BCUT2D eigenvalue weighted by molar-refractivity contribution is 0.00292. The summed E-state index contributed by atoms with van der Waals surface area (Å²) >= 11 is 0. The second-order valence-corrected chi connectivity index (χ2v) is 4.41. The SMILES string of the molecule is CCOc1nc(NC2CC(OCC)C2)ccc1N. The van der Waals surface area contributed by atoms with Crippen LogP contribution in [-0.4, -0.2) is 30.3 Å². The van der Waals surface area contributed by atoms with Crippen molar-refractivity contribution in [2.75, 3.05) is 24.3 Å². The maximum atomic E-state index is 5.78. The van der Waals surface area contributed by atoms with Crippen LogP contribution in [-0.2, 0) is 4.74 Å². The van der Waals surface area contributed by atoms with Crippen molar-refractivity contribution in [3.05, 3.63) is 12.1 Å². The molecule has 5 heteroatoms. The lowest BCUT2D eigenvalue weighted by Crippen LogP contribution is -2.41. The number of hydrogen-bond donors (Lipinski definition) is 2. The lowest BCUT2D eigenvalue weighted by Gasteiger charge is -2.35. The molecule has 100 valence electrons. The Bertz CT molecular complexity index is 392. The maximum Gasteiger partial charge on any atom is 0.239 e. The van der Waals surface area contributed by atoms with Gasteiger partial charge < -0.3 is 20.5 Å². The van der Waals surface area contributed by atoms with Gasteiger partial charge in [-0.05, 0) is 38.8 Å². The van der Waals surface area contributed by atoms with Crippen molar-refractivity contribution in [3.63, 3.8) is 0 Å². The molecule has 1 saturated carbocycles. The van der Waals surface area contributed by atoms with Gasteiger partial charge in [-0.1, -0.05) is 0 Å². The standard InChI is InChI=1S/C13H21N3O2/c1-3-17-10-7-9(8-10)15-12-6-5-11(14)13(16-12)18-4-2/h5-6,9-10H,3-4,7-8,14H2,1-2H3,(H,15,16). The van der Waals surface area contributed by atoms with Crippen LogP contribution in [0.5, 0.6) is 5.88 Å². The minimum atomic E-state index is 0.396. The van der Waals surface area contributed by atoms with Gasteiger partial charge in [0.25, 0.3) is 0 Å². The van der Waals surface area contributed by atoms with E-state index >= 15 is 0 Å². The summed E-state index contributed by atoms with van der Waals surface area (Å²) < 4.78 is 10.9. The molecule has 5 nitrogen and oxygen atoms in total. The predicted octanol–water partition coefficient (Wildman–Crippen LogP) is 2.04. The molecule has 18 heavy (non-hydrogen) atoms. The first kappa shape index (κ1) is 13.0. The molecule has 0 radical (unpaired) electrons. The molecule has 0 amide bonds. The first-order valence-electron chi connectivity index (χ1n) is 6.50. The fourth-order valence-corrected chi connectivity index (χ4v) is 2.05. The van der Waals surface area contributed by atoms with Crippen molar-refractivity contribution >= 4 is 11.5 Å². The molecule has 1 aromatic rings. The zero-order chi connectivity index (χ0) is 13.0. The number of ether oxygens (including phenoxy) is 2. The maximum absolute atomic E-state index is 5.78. The van der Waals surface area contributed by atoms with Gasteiger partial charge in [0, 0.05) is 12.6 Å². The van der Waals surface area contributed by atoms with Gasteiger partial charge in [0.1, 0.15) is 5.82 Å². The van der Waals surface area contributed by atoms with Gasteiger partial charge >= 0.3 is 0 Å². The molecule has 1 aromatic heterocycles. The Morgan fingerprint density at radius 2 is 2.11 bits per heavy atom. The number of nitrogens with zero attached hydrogens (tertiary/aromatic N) is 1. The first-order chi connectivity index (χ1) is 8.72. The Balaban J connectivity index is 1.88. The van der Waals surface area contributed by atoms with E-state index in [-0.39, 0.29) is 0 Å². The highest BCUT2D eigenvalue weighted by atomic mass is 16.5. The molecule has 1 heterocycles. The average Bonchev–Trinajstić information content (AvgIpc) is 2.31. The molecule has 1 fully saturated rings. The van der Waals surface area contributed by atoms with Crippen LogP contribution in [0.15, 0.2) is 12.1 Å². The third-order valence-electron chi connectivity index (χ3n) is 3.02. The number of rotatable bonds is 6. The Labute approximate surface area is 108 Å². The van der Waals surface area contributed by atoms with E-state index in [1.807, 2.05) is 26.0 Å². The van der Waals surface area contributed by atoms with Crippen molar-refractivity contribution in [2.24, 2.45) is 0 Å². The van der Waals surface area contributed by atoms with Crippen LogP contribution in [0.25, 0.3) is 0 Å². The van der Waals surface area contributed by atoms with Crippen LogP contribution in [0.3, 0.4) is 0 Å². The zero-order valence-electron chi connectivity index (χ0n) is 11.0. The number of nitrogens with two attached hydrogens (primary N) is 1. The number of anilines is 2. The van der Waals surface area contributed by atoms with Gasteiger partial charge in [0.15, 0.2) is 0 Å². The molecule has 0 spiro atoms. The smallest absolute Gasteiger partial charge is 0.239 e. The van der Waals surface area contributed by atoms with E-state index in [2.05, 4.69) is 10.3 Å². The van der Waals surface area contributed by atoms with Crippen LogP contribution in [0.1, 0.15) is 26.7 Å². The minimum absolute atomic E-state index is 0.396. The second-order valence-electron chi connectivity index (χ2n) is 4.41. The fourth-order valence-electron chi connectivity index (χ4n) is 2.05. The molecule has 3 N–H and O–H groups in total. The average molecular weight is 251 g/mol. The summed E-state index contributed by atoms with van der Waals surface area (Å²) in [6.45, 7) is 5.29. The monoisotopic (exact) mass is 251 g/mol. The third-order valence-corrected chi connectivity index (χ3v) is 3.02. The van der Waals surface area contributed by atoms with Crippen LogP contribution in [0.2, 0.25) is 0 Å². The molecule has 0 unspecified atom stereocenters. The van der Waals surface area contributed by atoms with Crippen molar-refractivity contribution in [1.82, 2.24) is 4.98 Å². The van der Waals surface area contributed by atoms with Crippen molar-refractivity contribution in [3.8, 4) is 5.88 Å². The van der Waals surface area contributed by atoms with Gasteiger partial charge in [-0.15, -0.1) is 0 Å². The van der Waals surface area contributed by atoms with Gasteiger partial charge in [-0.3, -0.25) is 0 Å². The highest BCUT2D eigenvalue weighted by molar-refractivity contribution is 5.54. The summed E-state index contributed by atoms with van der Waals surface area (Å²) in [5, 5.41) is 3.37. The molecule has 2 rings (SSSR count). The van der Waals surface area contributed by atoms with Gasteiger partial charge in [-0.25, -0.2) is 0 Å². The fraction of sp³-hybridized carbons (Fsp3) is 0.615. The molecule has 1 aliphatic carbocycles. The van der Waals surface area contributed by atoms with Crippen molar-refractivity contribution in [2.45, 2.75) is 38.8 Å². The Morgan fingerprint density at radius 1 is 1.33 bits per heavy atom. The number of pyridine rings is 1. The van der Waals surface area contributed by atoms with E-state index in [0.29, 0.717) is 30.3 Å². The van der Waals surface area contributed by atoms with Crippen molar-refractivity contribution in [1.29, 1.82) is 0 Å². The highest BCUT2D eigenvalue weighted by Gasteiger charge is 2.29. The molecule has 0 aromatic carbocycles. The van der Waals surface area contributed by atoms with Gasteiger partial charge in [-0.2, -0.15) is 4.98 Å². The number of hydrogen-bond acceptors (Lipinski definition) is 5. The van der Waals surface area contributed by atoms with E-state index in [1.54, 1.807) is 0 Å². The van der Waals surface area contributed by atoms with Crippen LogP contribution >= 0.6 is 0 Å². The van der Waals surface area contributed by atoms with E-state index in [4.69, 9.17) is 15.2 Å². The normalized spacial score (nSPS) is 22.3. The largest absolute Gasteiger partial charge is 0.476 e. The molecule has 1 aliphatic rings. The second kappa shape index (κ2) is 5.91. The quantitative estimate of drug-likeness (QED) is 0.809. The lowest BCUT2D eigenvalue weighted by atomic mass is 9.89. The van der Waals surface area contributed by atoms with Crippen LogP contribution in [0, 0.1) is 0 Å². The highest BCUT2D eigenvalue weighted by Crippen LogP contribution is 2.28. The third kappa shape index (κ3) is 3.04. The summed E-state index contributed by atoms with van der Waals surface area (Å²) in [4.78, 5) is 4.36. The van der Waals surface area contributed by atoms with Crippen LogP contribution in [0.4, 0.5) is 11.5 Å². The first-order valence-corrected chi connectivity index (χ1v) is 6.50. The summed E-state index contributed by atoms with van der Waals surface area (Å²) in [5.41, 5.74) is 6.35. The van der Waals surface area contributed by atoms with E-state index in [9.17, 15) is 0 Å². The van der Waals surface area contributed by atoms with E-state index < -0.39 is 0 Å². The molecular weight excluding hydrogens is 230 g/mol. The summed E-state index contributed by atoms with van der Waals surface area (Å²) in [7, 11) is 0. The summed E-state index contributed by atoms with van der Waals surface area (Å²) in [6.07, 6.45) is 2.46. The molecular formula is C13H21N3O2. The number of nitrogens with one attached hydrogen (secondary N) is 1. The number of nitrogen functional groups attached to an aromatic ring is 1. The summed E-state index contributed by atoms with van der Waals surface area (Å²) in [5.74, 6) is 1.32. The predicted molar refractivity (Wildman–Crippen MR) is 71.9 cm³/mol. The molecule has 0 saturated heterocycles. The van der Waals surface area contributed by atoms with Crippen molar-refractivity contribution < 1.29 is 9.47 Å².